The molecule has 0 bridgehead atoms. The summed E-state index contributed by atoms with van der Waals surface area (Å²) in [5.74, 6) is 0.327. The third-order valence-electron chi connectivity index (χ3n) is 4.67. The van der Waals surface area contributed by atoms with Gasteiger partial charge in [-0.2, -0.15) is 0 Å². The number of anilines is 1. The van der Waals surface area contributed by atoms with Crippen molar-refractivity contribution in [2.24, 2.45) is 0 Å². The van der Waals surface area contributed by atoms with Crippen molar-refractivity contribution in [3.63, 3.8) is 0 Å². The summed E-state index contributed by atoms with van der Waals surface area (Å²) in [4.78, 5) is 22.4. The van der Waals surface area contributed by atoms with E-state index in [0.717, 1.165) is 5.56 Å². The summed E-state index contributed by atoms with van der Waals surface area (Å²) in [6, 6.07) is 7.75. The van der Waals surface area contributed by atoms with E-state index in [-0.39, 0.29) is 23.5 Å². The van der Waals surface area contributed by atoms with Gasteiger partial charge in [-0.15, -0.1) is 0 Å². The highest BCUT2D eigenvalue weighted by Crippen LogP contribution is 2.18. The monoisotopic (exact) mass is 374 g/mol. The molecular weight excluding hydrogens is 352 g/mol. The lowest BCUT2D eigenvalue weighted by Gasteiger charge is -2.23. The van der Waals surface area contributed by atoms with Crippen molar-refractivity contribution in [2.75, 3.05) is 23.9 Å². The lowest BCUT2D eigenvalue weighted by Crippen LogP contribution is -2.37. The van der Waals surface area contributed by atoms with Crippen molar-refractivity contribution in [1.29, 1.82) is 0 Å². The average molecular weight is 374 g/mol. The van der Waals surface area contributed by atoms with Gasteiger partial charge in [-0.05, 0) is 24.5 Å². The minimum absolute atomic E-state index is 0.0200. The van der Waals surface area contributed by atoms with Crippen molar-refractivity contribution in [2.45, 2.75) is 25.9 Å². The van der Waals surface area contributed by atoms with Gasteiger partial charge in [-0.1, -0.05) is 24.3 Å². The molecule has 1 atom stereocenters. The van der Waals surface area contributed by atoms with E-state index in [1.165, 1.54) is 22.9 Å². The number of aryl methyl sites for hydroxylation is 1. The van der Waals surface area contributed by atoms with Gasteiger partial charge in [0.1, 0.15) is 0 Å². The van der Waals surface area contributed by atoms with Crippen LogP contribution in [0.1, 0.15) is 27.9 Å². The summed E-state index contributed by atoms with van der Waals surface area (Å²) < 4.78 is 23.2. The van der Waals surface area contributed by atoms with Gasteiger partial charge in [0.2, 0.25) is 5.95 Å². The number of sulfone groups is 1. The highest BCUT2D eigenvalue weighted by Gasteiger charge is 2.33. The zero-order chi connectivity index (χ0) is 18.7. The second-order valence-electron chi connectivity index (χ2n) is 6.55. The van der Waals surface area contributed by atoms with E-state index in [2.05, 4.69) is 15.3 Å². The van der Waals surface area contributed by atoms with Crippen LogP contribution in [-0.4, -0.2) is 53.8 Å². The number of hydrogen-bond acceptors (Lipinski definition) is 6. The largest absolute Gasteiger partial charge is 0.350 e. The molecule has 0 saturated carbocycles. The predicted molar refractivity (Wildman–Crippen MR) is 99.7 cm³/mol. The lowest BCUT2D eigenvalue weighted by atomic mass is 10.1. The second kappa shape index (κ2) is 7.41. The Balaban J connectivity index is 1.62. The molecule has 3 rings (SSSR count). The van der Waals surface area contributed by atoms with E-state index in [4.69, 9.17) is 0 Å². The van der Waals surface area contributed by atoms with Gasteiger partial charge in [-0.25, -0.2) is 18.4 Å². The Labute approximate surface area is 153 Å². The third-order valence-corrected chi connectivity index (χ3v) is 6.42. The van der Waals surface area contributed by atoms with Gasteiger partial charge in [0.25, 0.3) is 5.91 Å². The number of aromatic nitrogens is 2. The van der Waals surface area contributed by atoms with E-state index < -0.39 is 9.84 Å². The van der Waals surface area contributed by atoms with Crippen LogP contribution < -0.4 is 5.32 Å². The first kappa shape index (κ1) is 18.3. The molecule has 1 saturated heterocycles. The van der Waals surface area contributed by atoms with E-state index in [0.29, 0.717) is 24.5 Å². The Morgan fingerprint density at radius 1 is 1.27 bits per heavy atom. The molecule has 7 nitrogen and oxygen atoms in total. The van der Waals surface area contributed by atoms with Crippen LogP contribution in [0, 0.1) is 6.92 Å². The zero-order valence-electron chi connectivity index (χ0n) is 14.8. The van der Waals surface area contributed by atoms with Crippen molar-refractivity contribution < 1.29 is 13.2 Å². The molecule has 0 spiro atoms. The van der Waals surface area contributed by atoms with Gasteiger partial charge in [0.15, 0.2) is 9.84 Å². The van der Waals surface area contributed by atoms with Crippen LogP contribution in [-0.2, 0) is 16.4 Å². The molecule has 2 aromatic rings. The molecule has 1 amide bonds. The third kappa shape index (κ3) is 4.19. The Bertz CT molecular complexity index is 897. The summed E-state index contributed by atoms with van der Waals surface area (Å²) in [6.45, 7) is 2.64. The van der Waals surface area contributed by atoms with Crippen LogP contribution in [0.25, 0.3) is 0 Å². The Kier molecular flexibility index (Phi) is 5.22. The van der Waals surface area contributed by atoms with Crippen molar-refractivity contribution in [1.82, 2.24) is 14.9 Å². The number of benzene rings is 1. The molecule has 1 unspecified atom stereocenters. The molecule has 1 N–H and O–H groups in total. The molecular formula is C18H22N4O3S. The molecule has 138 valence electrons. The smallest absolute Gasteiger partial charge is 0.257 e. The van der Waals surface area contributed by atoms with Crippen molar-refractivity contribution in [3.05, 3.63) is 53.3 Å². The molecule has 8 heteroatoms. The molecule has 1 aromatic heterocycles. The predicted octanol–water partition coefficient (Wildman–Crippen LogP) is 1.66. The topological polar surface area (TPSA) is 92.3 Å². The van der Waals surface area contributed by atoms with Gasteiger partial charge in [-0.3, -0.25) is 4.79 Å². The minimum Gasteiger partial charge on any atom is -0.350 e. The maximum Gasteiger partial charge on any atom is 0.257 e. The van der Waals surface area contributed by atoms with Crippen molar-refractivity contribution in [3.8, 4) is 0 Å². The fourth-order valence-electron chi connectivity index (χ4n) is 2.96. The maximum absolute atomic E-state index is 12.5. The zero-order valence-corrected chi connectivity index (χ0v) is 15.7. The SMILES string of the molecule is Cc1ccccc1CNc1ncc(C(=O)N(C)C2CCS(=O)(=O)C2)cn1. The van der Waals surface area contributed by atoms with E-state index in [1.54, 1.807) is 7.05 Å². The fraction of sp³-hybridized carbons (Fsp3) is 0.389. The molecule has 1 aromatic carbocycles. The van der Waals surface area contributed by atoms with Crippen LogP contribution in [0.4, 0.5) is 5.95 Å². The fourth-order valence-corrected chi connectivity index (χ4v) is 4.74. The summed E-state index contributed by atoms with van der Waals surface area (Å²) in [7, 11) is -1.41. The van der Waals surface area contributed by atoms with Gasteiger partial charge in [0.05, 0.1) is 17.1 Å². The standard InChI is InChI=1S/C18H22N4O3S/c1-13-5-3-4-6-14(13)9-19-18-20-10-15(11-21-18)17(23)22(2)16-7-8-26(24,25)12-16/h3-6,10-11,16H,7-9,12H2,1-2H3,(H,19,20,21). The number of carbonyl (C=O) groups excluding carboxylic acids is 1. The number of carbonyl (C=O) groups is 1. The number of hydrogen-bond donors (Lipinski definition) is 1. The first-order valence-electron chi connectivity index (χ1n) is 8.44. The number of rotatable bonds is 5. The van der Waals surface area contributed by atoms with E-state index in [9.17, 15) is 13.2 Å². The molecule has 2 heterocycles. The van der Waals surface area contributed by atoms with Gasteiger partial charge >= 0.3 is 0 Å². The normalized spacial score (nSPS) is 18.5. The Hall–Kier alpha value is -2.48. The number of nitrogens with one attached hydrogen (secondary N) is 1. The molecule has 1 aliphatic heterocycles. The van der Waals surface area contributed by atoms with Crippen LogP contribution in [0.3, 0.4) is 0 Å². The second-order valence-corrected chi connectivity index (χ2v) is 8.78. The summed E-state index contributed by atoms with van der Waals surface area (Å²) >= 11 is 0. The maximum atomic E-state index is 12.5. The lowest BCUT2D eigenvalue weighted by molar-refractivity contribution is 0.0747. The minimum atomic E-state index is -3.04. The van der Waals surface area contributed by atoms with E-state index in [1.807, 2.05) is 31.2 Å². The Morgan fingerprint density at radius 3 is 2.58 bits per heavy atom. The molecule has 0 aliphatic carbocycles. The highest BCUT2D eigenvalue weighted by atomic mass is 32.2. The molecule has 26 heavy (non-hydrogen) atoms. The quantitative estimate of drug-likeness (QED) is 0.856. The van der Waals surface area contributed by atoms with E-state index >= 15 is 0 Å². The molecule has 1 fully saturated rings. The summed E-state index contributed by atoms with van der Waals surface area (Å²) in [5, 5.41) is 3.14. The highest BCUT2D eigenvalue weighted by molar-refractivity contribution is 7.91. The molecule has 0 radical (unpaired) electrons. The van der Waals surface area contributed by atoms with Gasteiger partial charge in [0, 0.05) is 32.0 Å². The number of amides is 1. The molecule has 1 aliphatic rings. The number of nitrogens with zero attached hydrogens (tertiary/aromatic N) is 3. The van der Waals surface area contributed by atoms with Crippen LogP contribution in [0.5, 0.6) is 0 Å². The van der Waals surface area contributed by atoms with Crippen LogP contribution >= 0.6 is 0 Å². The van der Waals surface area contributed by atoms with Gasteiger partial charge < -0.3 is 10.2 Å². The average Bonchev–Trinajstić information content (AvgIpc) is 3.00. The van der Waals surface area contributed by atoms with Crippen LogP contribution in [0.2, 0.25) is 0 Å². The summed E-state index contributed by atoms with van der Waals surface area (Å²) in [5.41, 5.74) is 2.68. The van der Waals surface area contributed by atoms with Crippen LogP contribution in [0.15, 0.2) is 36.7 Å². The summed E-state index contributed by atoms with van der Waals surface area (Å²) in [6.07, 6.45) is 3.41. The first-order chi connectivity index (χ1) is 12.4. The Morgan fingerprint density at radius 2 is 1.96 bits per heavy atom. The first-order valence-corrected chi connectivity index (χ1v) is 10.3. The van der Waals surface area contributed by atoms with Crippen molar-refractivity contribution >= 4 is 21.7 Å².